The van der Waals surface area contributed by atoms with E-state index in [1.807, 2.05) is 63.2 Å². The van der Waals surface area contributed by atoms with Crippen LogP contribution in [-0.2, 0) is 9.59 Å². The number of ether oxygens (including phenoxy) is 1. The first-order valence-electron chi connectivity index (χ1n) is 8.43. The minimum Gasteiger partial charge on any atom is -0.494 e. The van der Waals surface area contributed by atoms with Gasteiger partial charge in [-0.05, 0) is 68.3 Å². The molecule has 3 rings (SSSR count). The van der Waals surface area contributed by atoms with Crippen LogP contribution >= 0.6 is 0 Å². The maximum atomic E-state index is 12.7. The van der Waals surface area contributed by atoms with Crippen molar-refractivity contribution in [3.05, 3.63) is 53.6 Å². The van der Waals surface area contributed by atoms with Gasteiger partial charge < -0.3 is 10.1 Å². The van der Waals surface area contributed by atoms with Gasteiger partial charge in [-0.3, -0.25) is 9.59 Å². The molecule has 0 radical (unpaired) electrons. The van der Waals surface area contributed by atoms with E-state index in [1.165, 1.54) is 4.90 Å². The Morgan fingerprint density at radius 3 is 2.44 bits per heavy atom. The second-order valence-corrected chi connectivity index (χ2v) is 6.19. The summed E-state index contributed by atoms with van der Waals surface area (Å²) in [6, 6.07) is 12.5. The SMILES string of the molecule is CCOc1ccc(NC2CC(=O)N(c3ccc(C)c(C)c3)C2=O)cc1. The Morgan fingerprint density at radius 2 is 1.80 bits per heavy atom. The third kappa shape index (κ3) is 3.50. The van der Waals surface area contributed by atoms with Gasteiger partial charge in [-0.1, -0.05) is 6.07 Å². The third-order valence-corrected chi connectivity index (χ3v) is 4.40. The van der Waals surface area contributed by atoms with E-state index in [0.717, 1.165) is 22.6 Å². The first-order chi connectivity index (χ1) is 12.0. The number of nitrogens with one attached hydrogen (secondary N) is 1. The Balaban J connectivity index is 1.75. The average Bonchev–Trinajstić information content (AvgIpc) is 2.86. The van der Waals surface area contributed by atoms with Crippen molar-refractivity contribution in [3.8, 4) is 5.75 Å². The lowest BCUT2D eigenvalue weighted by molar-refractivity contribution is -0.121. The van der Waals surface area contributed by atoms with Gasteiger partial charge in [0.1, 0.15) is 11.8 Å². The summed E-state index contributed by atoms with van der Waals surface area (Å²) < 4.78 is 5.41. The Morgan fingerprint density at radius 1 is 1.08 bits per heavy atom. The molecule has 2 aromatic rings. The van der Waals surface area contributed by atoms with E-state index >= 15 is 0 Å². The van der Waals surface area contributed by atoms with E-state index in [1.54, 1.807) is 0 Å². The Kier molecular flexibility index (Phi) is 4.74. The summed E-state index contributed by atoms with van der Waals surface area (Å²) >= 11 is 0. The molecule has 0 aliphatic carbocycles. The van der Waals surface area contributed by atoms with Gasteiger partial charge in [0.2, 0.25) is 5.91 Å². The highest BCUT2D eigenvalue weighted by atomic mass is 16.5. The van der Waals surface area contributed by atoms with Crippen LogP contribution in [-0.4, -0.2) is 24.5 Å². The number of benzene rings is 2. The summed E-state index contributed by atoms with van der Waals surface area (Å²) in [7, 11) is 0. The van der Waals surface area contributed by atoms with Crippen molar-refractivity contribution in [3.63, 3.8) is 0 Å². The number of hydrogen-bond acceptors (Lipinski definition) is 4. The predicted octanol–water partition coefficient (Wildman–Crippen LogP) is 3.45. The van der Waals surface area contributed by atoms with E-state index < -0.39 is 6.04 Å². The van der Waals surface area contributed by atoms with Crippen LogP contribution in [0.2, 0.25) is 0 Å². The number of hydrogen-bond donors (Lipinski definition) is 1. The van der Waals surface area contributed by atoms with E-state index in [0.29, 0.717) is 12.3 Å². The first-order valence-corrected chi connectivity index (χ1v) is 8.43. The lowest BCUT2D eigenvalue weighted by Crippen LogP contribution is -2.34. The van der Waals surface area contributed by atoms with Crippen molar-refractivity contribution >= 4 is 23.2 Å². The van der Waals surface area contributed by atoms with Crippen LogP contribution < -0.4 is 15.0 Å². The Labute approximate surface area is 147 Å². The monoisotopic (exact) mass is 338 g/mol. The quantitative estimate of drug-likeness (QED) is 0.849. The molecule has 1 saturated heterocycles. The van der Waals surface area contributed by atoms with Crippen molar-refractivity contribution in [1.29, 1.82) is 0 Å². The molecule has 0 saturated carbocycles. The zero-order valence-corrected chi connectivity index (χ0v) is 14.7. The van der Waals surface area contributed by atoms with Gasteiger partial charge in [-0.15, -0.1) is 0 Å². The molecule has 2 aromatic carbocycles. The number of aryl methyl sites for hydroxylation is 2. The summed E-state index contributed by atoms with van der Waals surface area (Å²) in [4.78, 5) is 26.3. The zero-order chi connectivity index (χ0) is 18.0. The van der Waals surface area contributed by atoms with Crippen molar-refractivity contribution in [2.45, 2.75) is 33.2 Å². The number of rotatable bonds is 5. The second-order valence-electron chi connectivity index (χ2n) is 6.19. The fourth-order valence-electron chi connectivity index (χ4n) is 2.90. The predicted molar refractivity (Wildman–Crippen MR) is 98.0 cm³/mol. The summed E-state index contributed by atoms with van der Waals surface area (Å²) in [5, 5.41) is 3.15. The van der Waals surface area contributed by atoms with Crippen LogP contribution in [0.25, 0.3) is 0 Å². The van der Waals surface area contributed by atoms with Crippen LogP contribution in [0.15, 0.2) is 42.5 Å². The van der Waals surface area contributed by atoms with Gasteiger partial charge in [0.15, 0.2) is 0 Å². The van der Waals surface area contributed by atoms with E-state index in [9.17, 15) is 9.59 Å². The van der Waals surface area contributed by atoms with Gasteiger partial charge in [-0.25, -0.2) is 4.90 Å². The van der Waals surface area contributed by atoms with Crippen molar-refractivity contribution in [1.82, 2.24) is 0 Å². The molecule has 0 spiro atoms. The Bertz CT molecular complexity index is 799. The third-order valence-electron chi connectivity index (χ3n) is 4.40. The van der Waals surface area contributed by atoms with Crippen molar-refractivity contribution < 1.29 is 14.3 Å². The minimum absolute atomic E-state index is 0.152. The molecule has 1 N–H and O–H groups in total. The maximum absolute atomic E-state index is 12.7. The number of imide groups is 1. The lowest BCUT2D eigenvalue weighted by atomic mass is 10.1. The summed E-state index contributed by atoms with van der Waals surface area (Å²) in [5.41, 5.74) is 3.61. The summed E-state index contributed by atoms with van der Waals surface area (Å²) in [6.45, 7) is 6.51. The number of anilines is 2. The van der Waals surface area contributed by atoms with Gasteiger partial charge in [-0.2, -0.15) is 0 Å². The number of carbonyl (C=O) groups excluding carboxylic acids is 2. The molecule has 5 heteroatoms. The number of nitrogens with zero attached hydrogens (tertiary/aromatic N) is 1. The molecule has 1 atom stereocenters. The number of carbonyl (C=O) groups is 2. The van der Waals surface area contributed by atoms with Gasteiger partial charge in [0.25, 0.3) is 5.91 Å². The van der Waals surface area contributed by atoms with E-state index in [-0.39, 0.29) is 18.2 Å². The Hall–Kier alpha value is -2.82. The highest BCUT2D eigenvalue weighted by Gasteiger charge is 2.39. The fraction of sp³-hybridized carbons (Fsp3) is 0.300. The largest absolute Gasteiger partial charge is 0.494 e. The van der Waals surface area contributed by atoms with E-state index in [4.69, 9.17) is 4.74 Å². The smallest absolute Gasteiger partial charge is 0.256 e. The van der Waals surface area contributed by atoms with Crippen LogP contribution in [0.1, 0.15) is 24.5 Å². The molecule has 1 fully saturated rings. The average molecular weight is 338 g/mol. The standard InChI is InChI=1S/C20H22N2O3/c1-4-25-17-9-6-15(7-10-17)21-18-12-19(23)22(20(18)24)16-8-5-13(2)14(3)11-16/h5-11,18,21H,4,12H2,1-3H3. The molecule has 0 bridgehead atoms. The van der Waals surface area contributed by atoms with Crippen LogP contribution in [0.4, 0.5) is 11.4 Å². The molecule has 1 aliphatic rings. The van der Waals surface area contributed by atoms with Gasteiger partial charge >= 0.3 is 0 Å². The van der Waals surface area contributed by atoms with Crippen LogP contribution in [0.5, 0.6) is 5.75 Å². The lowest BCUT2D eigenvalue weighted by Gasteiger charge is -2.17. The first kappa shape index (κ1) is 17.0. The molecule has 5 nitrogen and oxygen atoms in total. The zero-order valence-electron chi connectivity index (χ0n) is 14.7. The van der Waals surface area contributed by atoms with Crippen LogP contribution in [0, 0.1) is 13.8 Å². The summed E-state index contributed by atoms with van der Waals surface area (Å²) in [5.74, 6) is 0.373. The second kappa shape index (κ2) is 6.97. The van der Waals surface area contributed by atoms with Crippen LogP contribution in [0.3, 0.4) is 0 Å². The molecule has 130 valence electrons. The minimum atomic E-state index is -0.549. The molecule has 0 aromatic heterocycles. The normalized spacial score (nSPS) is 17.1. The molecule has 2 amide bonds. The van der Waals surface area contributed by atoms with E-state index in [2.05, 4.69) is 5.32 Å². The molecule has 1 heterocycles. The molecular weight excluding hydrogens is 316 g/mol. The molecule has 1 unspecified atom stereocenters. The highest BCUT2D eigenvalue weighted by Crippen LogP contribution is 2.27. The van der Waals surface area contributed by atoms with Gasteiger partial charge in [0, 0.05) is 5.69 Å². The topological polar surface area (TPSA) is 58.6 Å². The number of amides is 2. The molecule has 1 aliphatic heterocycles. The molecular formula is C20H22N2O3. The fourth-order valence-corrected chi connectivity index (χ4v) is 2.90. The van der Waals surface area contributed by atoms with Crippen molar-refractivity contribution in [2.24, 2.45) is 0 Å². The highest BCUT2D eigenvalue weighted by molar-refractivity contribution is 6.23. The summed E-state index contributed by atoms with van der Waals surface area (Å²) in [6.07, 6.45) is 0.152. The maximum Gasteiger partial charge on any atom is 0.256 e. The van der Waals surface area contributed by atoms with Gasteiger partial charge in [0.05, 0.1) is 18.7 Å². The molecule has 25 heavy (non-hydrogen) atoms. The van der Waals surface area contributed by atoms with Crippen molar-refractivity contribution in [2.75, 3.05) is 16.8 Å².